The highest BCUT2D eigenvalue weighted by molar-refractivity contribution is 7.14. The number of carbonyl (C=O) groups is 2. The van der Waals surface area contributed by atoms with Gasteiger partial charge in [0, 0.05) is 34.4 Å². The van der Waals surface area contributed by atoms with Gasteiger partial charge < -0.3 is 15.5 Å². The third-order valence-corrected chi connectivity index (χ3v) is 6.55. The van der Waals surface area contributed by atoms with Gasteiger partial charge in [0.25, 0.3) is 5.91 Å². The monoisotopic (exact) mass is 468 g/mol. The molecule has 0 aliphatic carbocycles. The summed E-state index contributed by atoms with van der Waals surface area (Å²) in [5.41, 5.74) is 6.59. The van der Waals surface area contributed by atoms with Gasteiger partial charge in [-0.05, 0) is 55.3 Å². The quantitative estimate of drug-likeness (QED) is 0.399. The van der Waals surface area contributed by atoms with Crippen molar-refractivity contribution in [3.8, 4) is 11.3 Å². The van der Waals surface area contributed by atoms with Crippen molar-refractivity contribution in [1.29, 1.82) is 0 Å². The molecular formula is C27H24N4O2S. The van der Waals surface area contributed by atoms with Crippen molar-refractivity contribution in [3.63, 3.8) is 0 Å². The molecule has 4 aromatic rings. The van der Waals surface area contributed by atoms with Gasteiger partial charge >= 0.3 is 0 Å². The normalized spacial score (nSPS) is 12.3. The van der Waals surface area contributed by atoms with Gasteiger partial charge in [-0.1, -0.05) is 42.0 Å². The first-order valence-electron chi connectivity index (χ1n) is 11.1. The first-order valence-corrected chi connectivity index (χ1v) is 12.0. The fourth-order valence-corrected chi connectivity index (χ4v) is 4.73. The van der Waals surface area contributed by atoms with Gasteiger partial charge in [-0.25, -0.2) is 4.98 Å². The topological polar surface area (TPSA) is 74.3 Å². The molecule has 1 aliphatic rings. The van der Waals surface area contributed by atoms with E-state index >= 15 is 0 Å². The van der Waals surface area contributed by atoms with Gasteiger partial charge in [-0.2, -0.15) is 0 Å². The molecule has 5 rings (SSSR count). The number of fused-ring (bicyclic) bond motifs is 1. The lowest BCUT2D eigenvalue weighted by Crippen LogP contribution is -2.28. The fraction of sp³-hybridized carbons (Fsp3) is 0.148. The summed E-state index contributed by atoms with van der Waals surface area (Å²) in [7, 11) is 0. The first-order chi connectivity index (χ1) is 16.6. The van der Waals surface area contributed by atoms with Crippen molar-refractivity contribution in [2.24, 2.45) is 0 Å². The van der Waals surface area contributed by atoms with Crippen molar-refractivity contribution in [3.05, 3.63) is 94.9 Å². The summed E-state index contributed by atoms with van der Waals surface area (Å²) in [5, 5.41) is 8.44. The molecule has 2 amide bonds. The van der Waals surface area contributed by atoms with Crippen molar-refractivity contribution >= 4 is 39.7 Å². The van der Waals surface area contributed by atoms with Gasteiger partial charge in [0.05, 0.1) is 12.2 Å². The minimum Gasteiger partial charge on any atom is -0.376 e. The van der Waals surface area contributed by atoms with E-state index in [4.69, 9.17) is 0 Å². The largest absolute Gasteiger partial charge is 0.376 e. The molecule has 0 unspecified atom stereocenters. The van der Waals surface area contributed by atoms with E-state index in [1.807, 2.05) is 83.9 Å². The Morgan fingerprint density at radius 1 is 1.03 bits per heavy atom. The second kappa shape index (κ2) is 9.49. The number of aryl methyl sites for hydroxylation is 1. The number of hydrogen-bond acceptors (Lipinski definition) is 5. The highest BCUT2D eigenvalue weighted by Crippen LogP contribution is 2.34. The average Bonchev–Trinajstić information content (AvgIpc) is 3.50. The number of anilines is 3. The zero-order valence-electron chi connectivity index (χ0n) is 18.7. The number of thiazole rings is 1. The van der Waals surface area contributed by atoms with E-state index in [2.05, 4.69) is 21.7 Å². The van der Waals surface area contributed by atoms with E-state index in [1.54, 1.807) is 0 Å². The summed E-state index contributed by atoms with van der Waals surface area (Å²) in [6.45, 7) is 2.85. The van der Waals surface area contributed by atoms with Gasteiger partial charge in [0.15, 0.2) is 5.13 Å². The summed E-state index contributed by atoms with van der Waals surface area (Å²) < 4.78 is 0. The molecule has 2 heterocycles. The molecule has 0 bridgehead atoms. The maximum Gasteiger partial charge on any atom is 0.258 e. The minimum atomic E-state index is -0.149. The predicted molar refractivity (Wildman–Crippen MR) is 138 cm³/mol. The van der Waals surface area contributed by atoms with Crippen LogP contribution in [0.5, 0.6) is 0 Å². The Kier molecular flexibility index (Phi) is 6.10. The van der Waals surface area contributed by atoms with E-state index < -0.39 is 0 Å². The van der Waals surface area contributed by atoms with Crippen LogP contribution in [0.25, 0.3) is 11.3 Å². The van der Waals surface area contributed by atoms with Crippen LogP contribution in [0.2, 0.25) is 0 Å². The molecule has 0 saturated carbocycles. The van der Waals surface area contributed by atoms with Crippen LogP contribution < -0.4 is 15.5 Å². The Hall–Kier alpha value is -3.97. The lowest BCUT2D eigenvalue weighted by Gasteiger charge is -2.17. The van der Waals surface area contributed by atoms with E-state index in [0.29, 0.717) is 17.2 Å². The Bertz CT molecular complexity index is 1330. The molecule has 0 atom stereocenters. The number of nitrogens with zero attached hydrogens (tertiary/aromatic N) is 2. The summed E-state index contributed by atoms with van der Waals surface area (Å²) in [5.74, 6) is -0.127. The van der Waals surface area contributed by atoms with Crippen LogP contribution in [-0.2, 0) is 11.2 Å². The fourth-order valence-electron chi connectivity index (χ4n) is 3.99. The molecule has 0 fully saturated rings. The molecule has 3 aromatic carbocycles. The third kappa shape index (κ3) is 4.70. The van der Waals surface area contributed by atoms with Crippen LogP contribution in [0.1, 0.15) is 21.5 Å². The maximum absolute atomic E-state index is 13.0. The zero-order valence-corrected chi connectivity index (χ0v) is 19.6. The molecule has 0 radical (unpaired) electrons. The van der Waals surface area contributed by atoms with Crippen LogP contribution in [0.15, 0.2) is 78.2 Å². The second-order valence-corrected chi connectivity index (χ2v) is 9.08. The Balaban J connectivity index is 1.25. The van der Waals surface area contributed by atoms with E-state index in [1.165, 1.54) is 11.3 Å². The zero-order chi connectivity index (χ0) is 23.5. The van der Waals surface area contributed by atoms with E-state index in [-0.39, 0.29) is 18.4 Å². The number of para-hydroxylation sites is 1. The lowest BCUT2D eigenvalue weighted by atomic mass is 10.1. The number of benzene rings is 3. The van der Waals surface area contributed by atoms with Crippen molar-refractivity contribution in [2.45, 2.75) is 13.3 Å². The van der Waals surface area contributed by atoms with Crippen LogP contribution >= 0.6 is 11.3 Å². The molecule has 34 heavy (non-hydrogen) atoms. The predicted octanol–water partition coefficient (Wildman–Crippen LogP) is 5.37. The second-order valence-electron chi connectivity index (χ2n) is 8.22. The van der Waals surface area contributed by atoms with Crippen molar-refractivity contribution < 1.29 is 9.59 Å². The first kappa shape index (κ1) is 21.9. The highest BCUT2D eigenvalue weighted by Gasteiger charge is 2.26. The standard InChI is InChI=1S/C27H24N4O2S/c1-18-7-9-19(10-8-18)26(33)31-14-13-21-15-20(11-12-24(21)31)23-17-34-27(29-23)30-25(32)16-28-22-5-3-2-4-6-22/h2-12,15,17,28H,13-14,16H2,1H3,(H,29,30,32). The number of hydrogen-bond donors (Lipinski definition) is 2. The smallest absolute Gasteiger partial charge is 0.258 e. The van der Waals surface area contributed by atoms with Crippen molar-refractivity contribution in [1.82, 2.24) is 4.98 Å². The number of aromatic nitrogens is 1. The molecular weight excluding hydrogens is 444 g/mol. The van der Waals surface area contributed by atoms with Crippen molar-refractivity contribution in [2.75, 3.05) is 28.6 Å². The average molecular weight is 469 g/mol. The van der Waals surface area contributed by atoms with Gasteiger partial charge in [-0.3, -0.25) is 9.59 Å². The summed E-state index contributed by atoms with van der Waals surface area (Å²) >= 11 is 1.40. The molecule has 1 aliphatic heterocycles. The molecule has 0 saturated heterocycles. The number of nitrogens with one attached hydrogen (secondary N) is 2. The van der Waals surface area contributed by atoms with E-state index in [0.717, 1.165) is 40.2 Å². The Morgan fingerprint density at radius 3 is 2.62 bits per heavy atom. The van der Waals surface area contributed by atoms with Crippen LogP contribution in [-0.4, -0.2) is 29.9 Å². The maximum atomic E-state index is 13.0. The number of carbonyl (C=O) groups excluding carboxylic acids is 2. The van der Waals surface area contributed by atoms with Gasteiger partial charge in [-0.15, -0.1) is 11.3 Å². The lowest BCUT2D eigenvalue weighted by molar-refractivity contribution is -0.114. The van der Waals surface area contributed by atoms with Gasteiger partial charge in [0.2, 0.25) is 5.91 Å². The number of rotatable bonds is 6. The summed E-state index contributed by atoms with van der Waals surface area (Å²) in [6.07, 6.45) is 0.805. The third-order valence-electron chi connectivity index (χ3n) is 5.79. The molecule has 7 heteroatoms. The molecule has 170 valence electrons. The summed E-state index contributed by atoms with van der Waals surface area (Å²) in [4.78, 5) is 31.7. The molecule has 0 spiro atoms. The Morgan fingerprint density at radius 2 is 1.82 bits per heavy atom. The molecule has 1 aromatic heterocycles. The van der Waals surface area contributed by atoms with Crippen LogP contribution in [0, 0.1) is 6.92 Å². The van der Waals surface area contributed by atoms with Crippen LogP contribution in [0.3, 0.4) is 0 Å². The summed E-state index contributed by atoms with van der Waals surface area (Å²) in [6, 6.07) is 23.3. The van der Waals surface area contributed by atoms with E-state index in [9.17, 15) is 9.59 Å². The van der Waals surface area contributed by atoms with Crippen LogP contribution in [0.4, 0.5) is 16.5 Å². The number of amides is 2. The minimum absolute atomic E-state index is 0.0225. The molecule has 2 N–H and O–H groups in total. The highest BCUT2D eigenvalue weighted by atomic mass is 32.1. The molecule has 6 nitrogen and oxygen atoms in total. The SMILES string of the molecule is Cc1ccc(C(=O)N2CCc3cc(-c4csc(NC(=O)CNc5ccccc5)n4)ccc32)cc1. The Labute approximate surface area is 202 Å². The van der Waals surface area contributed by atoms with Gasteiger partial charge in [0.1, 0.15) is 0 Å².